The number of rotatable bonds is 5. The normalized spacial score (nSPS) is 12.8. The third kappa shape index (κ3) is 2.70. The molecule has 1 rings (SSSR count). The maximum Gasteiger partial charge on any atom is 0.313 e. The number of ether oxygens (including phenoxy) is 1. The third-order valence-electron chi connectivity index (χ3n) is 2.25. The van der Waals surface area contributed by atoms with Gasteiger partial charge < -0.3 is 4.74 Å². The zero-order valence-electron chi connectivity index (χ0n) is 9.44. The van der Waals surface area contributed by atoms with E-state index in [9.17, 15) is 10.1 Å². The summed E-state index contributed by atoms with van der Waals surface area (Å²) >= 11 is 5.98. The van der Waals surface area contributed by atoms with Crippen molar-refractivity contribution in [3.63, 3.8) is 0 Å². The zero-order chi connectivity index (χ0) is 12.3. The van der Waals surface area contributed by atoms with Crippen LogP contribution in [0.1, 0.15) is 11.4 Å². The highest BCUT2D eigenvalue weighted by Gasteiger charge is 2.25. The van der Waals surface area contributed by atoms with Crippen LogP contribution in [0.5, 0.6) is 0 Å². The topological polar surface area (TPSA) is 70.2 Å². The molecule has 0 radical (unpaired) electrons. The standard InChI is InChI=1S/C9H14ClN3O3/c1-6-9(13(14)15)8(12(2)11-6)4-7(10)5-16-3/h7H,4-5H2,1-3H3. The number of hydrogen-bond acceptors (Lipinski definition) is 4. The highest BCUT2D eigenvalue weighted by atomic mass is 35.5. The number of aryl methyl sites for hydroxylation is 2. The molecule has 16 heavy (non-hydrogen) atoms. The van der Waals surface area contributed by atoms with Crippen LogP contribution >= 0.6 is 11.6 Å². The highest BCUT2D eigenvalue weighted by molar-refractivity contribution is 6.20. The summed E-state index contributed by atoms with van der Waals surface area (Å²) in [6.45, 7) is 1.96. The number of halogens is 1. The van der Waals surface area contributed by atoms with Gasteiger partial charge in [0, 0.05) is 20.6 Å². The van der Waals surface area contributed by atoms with E-state index >= 15 is 0 Å². The number of methoxy groups -OCH3 is 1. The van der Waals surface area contributed by atoms with Crippen molar-refractivity contribution in [2.45, 2.75) is 18.7 Å². The van der Waals surface area contributed by atoms with Gasteiger partial charge in [-0.25, -0.2) is 0 Å². The summed E-state index contributed by atoms with van der Waals surface area (Å²) in [5, 5.41) is 14.6. The molecule has 0 bridgehead atoms. The minimum Gasteiger partial charge on any atom is -0.383 e. The Morgan fingerprint density at radius 3 is 2.81 bits per heavy atom. The van der Waals surface area contributed by atoms with Crippen molar-refractivity contribution in [3.8, 4) is 0 Å². The molecule has 0 saturated carbocycles. The van der Waals surface area contributed by atoms with Gasteiger partial charge in [-0.2, -0.15) is 5.10 Å². The van der Waals surface area contributed by atoms with Crippen LogP contribution in [-0.4, -0.2) is 33.8 Å². The second-order valence-electron chi connectivity index (χ2n) is 3.52. The molecule has 1 aromatic heterocycles. The van der Waals surface area contributed by atoms with Crippen molar-refractivity contribution >= 4 is 17.3 Å². The lowest BCUT2D eigenvalue weighted by Crippen LogP contribution is -2.14. The molecular weight excluding hydrogens is 234 g/mol. The van der Waals surface area contributed by atoms with E-state index in [1.165, 1.54) is 11.8 Å². The summed E-state index contributed by atoms with van der Waals surface area (Å²) in [5.74, 6) is 0. The lowest BCUT2D eigenvalue weighted by atomic mass is 10.2. The van der Waals surface area contributed by atoms with Gasteiger partial charge in [-0.3, -0.25) is 14.8 Å². The van der Waals surface area contributed by atoms with Crippen LogP contribution in [0, 0.1) is 17.0 Å². The fraction of sp³-hybridized carbons (Fsp3) is 0.667. The second kappa shape index (κ2) is 5.27. The van der Waals surface area contributed by atoms with Gasteiger partial charge >= 0.3 is 5.69 Å². The summed E-state index contributed by atoms with van der Waals surface area (Å²) < 4.78 is 6.39. The van der Waals surface area contributed by atoms with E-state index in [2.05, 4.69) is 5.10 Å². The van der Waals surface area contributed by atoms with Gasteiger partial charge in [0.1, 0.15) is 11.4 Å². The molecule has 0 saturated heterocycles. The largest absolute Gasteiger partial charge is 0.383 e. The maximum absolute atomic E-state index is 10.9. The van der Waals surface area contributed by atoms with Crippen molar-refractivity contribution < 1.29 is 9.66 Å². The van der Waals surface area contributed by atoms with Crippen LogP contribution in [0.4, 0.5) is 5.69 Å². The van der Waals surface area contributed by atoms with E-state index in [-0.39, 0.29) is 11.1 Å². The first-order valence-corrected chi connectivity index (χ1v) is 5.20. The number of nitrogens with zero attached hydrogens (tertiary/aromatic N) is 3. The zero-order valence-corrected chi connectivity index (χ0v) is 10.2. The van der Waals surface area contributed by atoms with Crippen LogP contribution < -0.4 is 0 Å². The fourth-order valence-corrected chi connectivity index (χ4v) is 1.88. The molecule has 0 spiro atoms. The average Bonchev–Trinajstić information content (AvgIpc) is 2.41. The van der Waals surface area contributed by atoms with Crippen LogP contribution in [0.2, 0.25) is 0 Å². The third-order valence-corrected chi connectivity index (χ3v) is 2.53. The molecular formula is C9H14ClN3O3. The molecule has 0 fully saturated rings. The molecule has 1 unspecified atom stereocenters. The van der Waals surface area contributed by atoms with Gasteiger partial charge in [0.2, 0.25) is 0 Å². The van der Waals surface area contributed by atoms with E-state index in [1.54, 1.807) is 14.0 Å². The summed E-state index contributed by atoms with van der Waals surface area (Å²) in [4.78, 5) is 10.5. The van der Waals surface area contributed by atoms with Crippen LogP contribution in [0.25, 0.3) is 0 Å². The molecule has 90 valence electrons. The van der Waals surface area contributed by atoms with Crippen LogP contribution in [-0.2, 0) is 18.2 Å². The van der Waals surface area contributed by atoms with Crippen molar-refractivity contribution in [2.24, 2.45) is 7.05 Å². The Kier molecular flexibility index (Phi) is 4.26. The lowest BCUT2D eigenvalue weighted by Gasteiger charge is -2.07. The molecule has 7 heteroatoms. The Morgan fingerprint density at radius 2 is 2.31 bits per heavy atom. The number of hydrogen-bond donors (Lipinski definition) is 0. The van der Waals surface area contributed by atoms with Crippen LogP contribution in [0.3, 0.4) is 0 Å². The minimum atomic E-state index is -0.423. The van der Waals surface area contributed by atoms with Crippen molar-refractivity contribution in [1.29, 1.82) is 0 Å². The highest BCUT2D eigenvalue weighted by Crippen LogP contribution is 2.24. The number of nitro groups is 1. The Bertz CT molecular complexity index is 392. The average molecular weight is 248 g/mol. The summed E-state index contributed by atoms with van der Waals surface area (Å²) in [6, 6.07) is 0. The van der Waals surface area contributed by atoms with E-state index < -0.39 is 4.92 Å². The molecule has 6 nitrogen and oxygen atoms in total. The smallest absolute Gasteiger partial charge is 0.313 e. The molecule has 1 atom stereocenters. The van der Waals surface area contributed by atoms with Crippen LogP contribution in [0.15, 0.2) is 0 Å². The van der Waals surface area contributed by atoms with Gasteiger partial charge in [0.05, 0.1) is 16.9 Å². The SMILES string of the molecule is COCC(Cl)Cc1c([N+](=O)[O-])c(C)nn1C. The molecule has 1 heterocycles. The Balaban J connectivity index is 2.98. The molecule has 0 aliphatic rings. The first-order valence-electron chi connectivity index (χ1n) is 4.77. The molecule has 1 aromatic rings. The molecule has 0 aliphatic heterocycles. The predicted octanol–water partition coefficient (Wildman–Crippen LogP) is 1.43. The van der Waals surface area contributed by atoms with Gasteiger partial charge in [0.15, 0.2) is 0 Å². The molecule has 0 amide bonds. The van der Waals surface area contributed by atoms with Gasteiger partial charge in [-0.1, -0.05) is 0 Å². The van der Waals surface area contributed by atoms with E-state index in [1.807, 2.05) is 0 Å². The minimum absolute atomic E-state index is 0.0456. The molecule has 0 aliphatic carbocycles. The van der Waals surface area contributed by atoms with Crippen molar-refractivity contribution in [2.75, 3.05) is 13.7 Å². The maximum atomic E-state index is 10.9. The van der Waals surface area contributed by atoms with Crippen molar-refractivity contribution in [3.05, 3.63) is 21.5 Å². The molecule has 0 aromatic carbocycles. The lowest BCUT2D eigenvalue weighted by molar-refractivity contribution is -0.386. The van der Waals surface area contributed by atoms with E-state index in [0.29, 0.717) is 24.4 Å². The number of alkyl halides is 1. The fourth-order valence-electron chi connectivity index (χ4n) is 1.61. The van der Waals surface area contributed by atoms with E-state index in [4.69, 9.17) is 16.3 Å². The van der Waals surface area contributed by atoms with Gasteiger partial charge in [-0.15, -0.1) is 11.6 Å². The Morgan fingerprint density at radius 1 is 1.69 bits per heavy atom. The summed E-state index contributed by atoms with van der Waals surface area (Å²) in [6.07, 6.45) is 0.364. The van der Waals surface area contributed by atoms with E-state index in [0.717, 1.165) is 0 Å². The summed E-state index contributed by atoms with van der Waals surface area (Å²) in [5.41, 5.74) is 0.979. The first-order chi connectivity index (χ1) is 7.47. The number of aromatic nitrogens is 2. The van der Waals surface area contributed by atoms with Gasteiger partial charge in [-0.05, 0) is 6.92 Å². The second-order valence-corrected chi connectivity index (χ2v) is 4.14. The monoisotopic (exact) mass is 247 g/mol. The molecule has 0 N–H and O–H groups in total. The Hall–Kier alpha value is -1.14. The first kappa shape index (κ1) is 12.9. The Labute approximate surface area is 98.3 Å². The predicted molar refractivity (Wildman–Crippen MR) is 59.8 cm³/mol. The van der Waals surface area contributed by atoms with Gasteiger partial charge in [0.25, 0.3) is 0 Å². The quantitative estimate of drug-likeness (QED) is 0.448. The summed E-state index contributed by atoms with van der Waals surface area (Å²) in [7, 11) is 3.21. The van der Waals surface area contributed by atoms with Crippen molar-refractivity contribution in [1.82, 2.24) is 9.78 Å².